The van der Waals surface area contributed by atoms with Gasteiger partial charge >= 0.3 is 0 Å². The molecule has 1 spiro atoms. The number of carbonyl (C=O) groups excluding carboxylic acids is 3. The van der Waals surface area contributed by atoms with E-state index in [0.717, 1.165) is 22.4 Å². The minimum Gasteiger partial charge on any atom is -0.352 e. The highest BCUT2D eigenvalue weighted by Crippen LogP contribution is 2.61. The zero-order valence-electron chi connectivity index (χ0n) is 21.2. The first-order valence-corrected chi connectivity index (χ1v) is 13.4. The minimum atomic E-state index is -1.50. The van der Waals surface area contributed by atoms with Crippen molar-refractivity contribution < 1.29 is 14.4 Å². The van der Waals surface area contributed by atoms with Gasteiger partial charge in [-0.05, 0) is 36.2 Å². The number of anilines is 1. The molecular formula is C34H24ClNO3. The summed E-state index contributed by atoms with van der Waals surface area (Å²) >= 11 is 6.35. The number of hydrogen-bond acceptors (Lipinski definition) is 4. The Bertz CT molecular complexity index is 1670. The Balaban J connectivity index is 1.54. The molecule has 7 rings (SSSR count). The molecule has 4 aromatic carbocycles. The van der Waals surface area contributed by atoms with Crippen molar-refractivity contribution in [3.63, 3.8) is 0 Å². The van der Waals surface area contributed by atoms with Gasteiger partial charge in [-0.1, -0.05) is 108 Å². The van der Waals surface area contributed by atoms with Crippen molar-refractivity contribution in [1.29, 1.82) is 0 Å². The molecule has 2 heterocycles. The van der Waals surface area contributed by atoms with Gasteiger partial charge in [0.15, 0.2) is 17.3 Å². The molecule has 0 aromatic heterocycles. The standard InChI is InChI=1S/C34H24ClNO3/c1-20-11-13-22(14-12-20)31(37)30-29(21-7-3-2-4-8-21)34(32(38)25-9-5-6-10-26(25)33(34)39)28-18-15-23-19-24(35)16-17-27(23)36(28)30/h2-19,28-30H,1H3/t28?,29-,30+/m0/s1. The van der Waals surface area contributed by atoms with Crippen molar-refractivity contribution in [2.75, 3.05) is 4.90 Å². The maximum Gasteiger partial charge on any atom is 0.185 e. The maximum atomic E-state index is 14.6. The first-order chi connectivity index (χ1) is 18.9. The molecule has 39 heavy (non-hydrogen) atoms. The van der Waals surface area contributed by atoms with Crippen LogP contribution in [0.2, 0.25) is 5.02 Å². The first kappa shape index (κ1) is 23.8. The fourth-order valence-corrected chi connectivity index (χ4v) is 7.05. The molecule has 1 aliphatic carbocycles. The Hall–Kier alpha value is -4.28. The quantitative estimate of drug-likeness (QED) is 0.212. The van der Waals surface area contributed by atoms with Crippen LogP contribution < -0.4 is 4.90 Å². The van der Waals surface area contributed by atoms with Gasteiger partial charge in [0.25, 0.3) is 0 Å². The average Bonchev–Trinajstić information content (AvgIpc) is 3.39. The van der Waals surface area contributed by atoms with E-state index in [1.54, 1.807) is 30.3 Å². The number of benzene rings is 4. The third-order valence-corrected chi connectivity index (χ3v) is 8.76. The SMILES string of the molecule is Cc1ccc(C(=O)[C@H]2[C@H](c3ccccc3)C3(C(=O)c4ccccc4C3=O)C3C=Cc4cc(Cl)ccc4N32)cc1. The van der Waals surface area contributed by atoms with Crippen molar-refractivity contribution in [1.82, 2.24) is 0 Å². The number of carbonyl (C=O) groups is 3. The second-order valence-electron chi connectivity index (χ2n) is 10.6. The van der Waals surface area contributed by atoms with Gasteiger partial charge in [0.05, 0.1) is 6.04 Å². The molecule has 1 saturated heterocycles. The summed E-state index contributed by atoms with van der Waals surface area (Å²) in [7, 11) is 0. The fraction of sp³-hybridized carbons (Fsp3) is 0.147. The Labute approximate surface area is 231 Å². The van der Waals surface area contributed by atoms with Gasteiger partial charge in [0.1, 0.15) is 11.5 Å². The second-order valence-corrected chi connectivity index (χ2v) is 11.0. The highest BCUT2D eigenvalue weighted by atomic mass is 35.5. The molecule has 2 aliphatic heterocycles. The molecule has 5 heteroatoms. The Morgan fingerprint density at radius 1 is 0.821 bits per heavy atom. The van der Waals surface area contributed by atoms with E-state index in [0.29, 0.717) is 21.7 Å². The van der Waals surface area contributed by atoms with Crippen molar-refractivity contribution in [2.45, 2.75) is 24.9 Å². The van der Waals surface area contributed by atoms with E-state index >= 15 is 0 Å². The van der Waals surface area contributed by atoms with Gasteiger partial charge < -0.3 is 4.90 Å². The monoisotopic (exact) mass is 529 g/mol. The average molecular weight is 530 g/mol. The van der Waals surface area contributed by atoms with Crippen molar-refractivity contribution in [3.05, 3.63) is 142 Å². The summed E-state index contributed by atoms with van der Waals surface area (Å²) in [5, 5.41) is 0.576. The van der Waals surface area contributed by atoms with Gasteiger partial charge in [-0.25, -0.2) is 0 Å². The zero-order chi connectivity index (χ0) is 26.9. The van der Waals surface area contributed by atoms with Crippen LogP contribution in [0, 0.1) is 12.3 Å². The predicted octanol–water partition coefficient (Wildman–Crippen LogP) is 6.96. The van der Waals surface area contributed by atoms with Gasteiger partial charge in [-0.2, -0.15) is 0 Å². The number of ketones is 3. The molecule has 4 nitrogen and oxygen atoms in total. The first-order valence-electron chi connectivity index (χ1n) is 13.0. The highest BCUT2D eigenvalue weighted by Gasteiger charge is 2.71. The van der Waals surface area contributed by atoms with Crippen molar-refractivity contribution in [3.8, 4) is 0 Å². The third-order valence-electron chi connectivity index (χ3n) is 8.53. The summed E-state index contributed by atoms with van der Waals surface area (Å²) in [4.78, 5) is 45.7. The van der Waals surface area contributed by atoms with Crippen LogP contribution in [0.4, 0.5) is 5.69 Å². The Kier molecular flexibility index (Phi) is 5.26. The maximum absolute atomic E-state index is 14.6. The summed E-state index contributed by atoms with van der Waals surface area (Å²) in [5.74, 6) is -1.30. The normalized spacial score (nSPS) is 22.1. The highest BCUT2D eigenvalue weighted by molar-refractivity contribution is 6.32. The summed E-state index contributed by atoms with van der Waals surface area (Å²) < 4.78 is 0. The lowest BCUT2D eigenvalue weighted by Crippen LogP contribution is -2.48. The number of halogens is 1. The van der Waals surface area contributed by atoms with E-state index in [1.807, 2.05) is 90.7 Å². The van der Waals surface area contributed by atoms with E-state index in [2.05, 4.69) is 0 Å². The van der Waals surface area contributed by atoms with E-state index in [4.69, 9.17) is 11.6 Å². The lowest BCUT2D eigenvalue weighted by molar-refractivity contribution is 0.0666. The number of rotatable bonds is 3. The Morgan fingerprint density at radius 2 is 1.46 bits per heavy atom. The molecule has 0 radical (unpaired) electrons. The molecule has 0 bridgehead atoms. The third kappa shape index (κ3) is 3.22. The minimum absolute atomic E-state index is 0.126. The van der Waals surface area contributed by atoms with Gasteiger partial charge in [0.2, 0.25) is 0 Å². The Morgan fingerprint density at radius 3 is 2.13 bits per heavy atom. The molecule has 3 atom stereocenters. The summed E-state index contributed by atoms with van der Waals surface area (Å²) in [5.41, 5.74) is 3.35. The number of aryl methyl sites for hydroxylation is 1. The molecule has 4 aromatic rings. The van der Waals surface area contributed by atoms with Crippen molar-refractivity contribution >= 4 is 40.7 Å². The molecule has 0 N–H and O–H groups in total. The molecule has 3 aliphatic rings. The molecule has 1 fully saturated rings. The van der Waals surface area contributed by atoms with E-state index < -0.39 is 23.4 Å². The van der Waals surface area contributed by atoms with Gasteiger partial charge in [0, 0.05) is 33.3 Å². The predicted molar refractivity (Wildman–Crippen MR) is 153 cm³/mol. The lowest BCUT2D eigenvalue weighted by Gasteiger charge is -2.37. The summed E-state index contributed by atoms with van der Waals surface area (Å²) in [6.45, 7) is 1.98. The van der Waals surface area contributed by atoms with Crippen LogP contribution >= 0.6 is 11.6 Å². The van der Waals surface area contributed by atoms with E-state index in [-0.39, 0.29) is 17.3 Å². The molecular weight excluding hydrogens is 506 g/mol. The molecule has 0 amide bonds. The van der Waals surface area contributed by atoms with Crippen LogP contribution in [0.5, 0.6) is 0 Å². The largest absolute Gasteiger partial charge is 0.352 e. The molecule has 1 unspecified atom stereocenters. The van der Waals surface area contributed by atoms with Gasteiger partial charge in [-0.3, -0.25) is 14.4 Å². The zero-order valence-corrected chi connectivity index (χ0v) is 21.9. The second kappa shape index (κ2) is 8.62. The van der Waals surface area contributed by atoms with Crippen LogP contribution in [0.1, 0.15) is 53.7 Å². The summed E-state index contributed by atoms with van der Waals surface area (Å²) in [6.07, 6.45) is 3.84. The number of hydrogen-bond donors (Lipinski definition) is 0. The van der Waals surface area contributed by atoms with Crippen LogP contribution in [-0.4, -0.2) is 29.4 Å². The number of fused-ring (bicyclic) bond motifs is 5. The lowest BCUT2D eigenvalue weighted by atomic mass is 9.64. The van der Waals surface area contributed by atoms with Crippen LogP contribution in [0.25, 0.3) is 6.08 Å². The smallest absolute Gasteiger partial charge is 0.185 e. The van der Waals surface area contributed by atoms with Crippen LogP contribution in [-0.2, 0) is 0 Å². The molecule has 0 saturated carbocycles. The van der Waals surface area contributed by atoms with E-state index in [9.17, 15) is 14.4 Å². The fourth-order valence-electron chi connectivity index (χ4n) is 6.87. The van der Waals surface area contributed by atoms with Crippen LogP contribution in [0.3, 0.4) is 0 Å². The number of Topliss-reactive ketones (excluding diaryl/α,β-unsaturated/α-hetero) is 3. The summed E-state index contributed by atoms with van der Waals surface area (Å²) in [6, 6.07) is 28.2. The molecule has 190 valence electrons. The number of nitrogens with zero attached hydrogens (tertiary/aromatic N) is 1. The topological polar surface area (TPSA) is 54.5 Å². The van der Waals surface area contributed by atoms with E-state index in [1.165, 1.54) is 0 Å². The van der Waals surface area contributed by atoms with Gasteiger partial charge in [-0.15, -0.1) is 0 Å². The van der Waals surface area contributed by atoms with Crippen molar-refractivity contribution in [2.24, 2.45) is 5.41 Å². The van der Waals surface area contributed by atoms with Crippen LogP contribution in [0.15, 0.2) is 103 Å².